The van der Waals surface area contributed by atoms with Crippen molar-refractivity contribution in [2.24, 2.45) is 5.41 Å². The Morgan fingerprint density at radius 3 is 2.79 bits per heavy atom. The monoisotopic (exact) mass is 386 g/mol. The van der Waals surface area contributed by atoms with Gasteiger partial charge in [-0.3, -0.25) is 4.79 Å². The number of imidazole rings is 1. The molecule has 5 rings (SSSR count). The average Bonchev–Trinajstić information content (AvgIpc) is 3.11. The molecule has 1 aliphatic rings. The minimum atomic E-state index is -0.329. The van der Waals surface area contributed by atoms with Crippen LogP contribution in [-0.4, -0.2) is 20.4 Å². The van der Waals surface area contributed by atoms with Gasteiger partial charge in [-0.25, -0.2) is 9.97 Å². The van der Waals surface area contributed by atoms with E-state index in [0.717, 1.165) is 46.3 Å². The number of carbonyl (C=O) groups excluding carboxylic acids is 1. The van der Waals surface area contributed by atoms with Crippen molar-refractivity contribution in [2.75, 3.05) is 5.32 Å². The van der Waals surface area contributed by atoms with Gasteiger partial charge in [-0.15, -0.1) is 0 Å². The standard InChI is InChI=1S/C23H22N4O2/c1-15-3-6-20-19(11-15)25-21(29-20)17-4-5-18(16(2)12-17)26-22(28)23(7-8-23)13-27-10-9-24-14-27/h3-6,9-12,14H,7-8,13H2,1-2H3,(H,26,28). The highest BCUT2D eigenvalue weighted by Gasteiger charge is 2.50. The first-order valence-corrected chi connectivity index (χ1v) is 9.78. The van der Waals surface area contributed by atoms with Crippen LogP contribution < -0.4 is 5.32 Å². The number of carbonyl (C=O) groups is 1. The SMILES string of the molecule is Cc1ccc2oc(-c3ccc(NC(=O)C4(Cn5ccnc5)CC4)c(C)c3)nc2c1. The van der Waals surface area contributed by atoms with E-state index in [2.05, 4.69) is 15.3 Å². The Bertz CT molecular complexity index is 1200. The summed E-state index contributed by atoms with van der Waals surface area (Å²) in [5, 5.41) is 3.11. The zero-order valence-corrected chi connectivity index (χ0v) is 16.5. The van der Waals surface area contributed by atoms with Crippen molar-refractivity contribution in [3.63, 3.8) is 0 Å². The molecule has 1 aliphatic carbocycles. The Labute approximate surface area is 168 Å². The molecule has 4 aromatic rings. The normalized spacial score (nSPS) is 14.8. The van der Waals surface area contributed by atoms with Crippen LogP contribution >= 0.6 is 0 Å². The van der Waals surface area contributed by atoms with Gasteiger partial charge in [0.2, 0.25) is 11.8 Å². The summed E-state index contributed by atoms with van der Waals surface area (Å²) in [5.41, 5.74) is 5.14. The number of oxazole rings is 1. The summed E-state index contributed by atoms with van der Waals surface area (Å²) in [6.07, 6.45) is 7.20. The highest BCUT2D eigenvalue weighted by Crippen LogP contribution is 2.48. The van der Waals surface area contributed by atoms with Crippen LogP contribution in [-0.2, 0) is 11.3 Å². The molecule has 0 atom stereocenters. The first-order chi connectivity index (χ1) is 14.0. The van der Waals surface area contributed by atoms with Gasteiger partial charge in [0, 0.05) is 30.2 Å². The van der Waals surface area contributed by atoms with E-state index in [-0.39, 0.29) is 11.3 Å². The van der Waals surface area contributed by atoms with Crippen LogP contribution in [0, 0.1) is 19.3 Å². The molecule has 1 saturated carbocycles. The molecule has 1 amide bonds. The predicted octanol–water partition coefficient (Wildman–Crippen LogP) is 4.73. The van der Waals surface area contributed by atoms with Gasteiger partial charge < -0.3 is 14.3 Å². The summed E-state index contributed by atoms with van der Waals surface area (Å²) in [4.78, 5) is 21.6. The number of rotatable bonds is 5. The molecule has 0 unspecified atom stereocenters. The number of nitrogens with one attached hydrogen (secondary N) is 1. The minimum absolute atomic E-state index is 0.0689. The Balaban J connectivity index is 1.36. The summed E-state index contributed by atoms with van der Waals surface area (Å²) >= 11 is 0. The summed E-state index contributed by atoms with van der Waals surface area (Å²) in [7, 11) is 0. The molecule has 0 spiro atoms. The van der Waals surface area contributed by atoms with Crippen molar-refractivity contribution in [2.45, 2.75) is 33.2 Å². The first kappa shape index (κ1) is 17.7. The van der Waals surface area contributed by atoms with Gasteiger partial charge in [-0.1, -0.05) is 6.07 Å². The summed E-state index contributed by atoms with van der Waals surface area (Å²) in [6.45, 7) is 4.69. The molecule has 0 aliphatic heterocycles. The minimum Gasteiger partial charge on any atom is -0.436 e. The van der Waals surface area contributed by atoms with E-state index in [1.165, 1.54) is 0 Å². The maximum absolute atomic E-state index is 12.9. The molecule has 29 heavy (non-hydrogen) atoms. The quantitative estimate of drug-likeness (QED) is 0.538. The molecule has 1 fully saturated rings. The number of aryl methyl sites for hydroxylation is 2. The zero-order valence-electron chi connectivity index (χ0n) is 16.5. The van der Waals surface area contributed by atoms with Gasteiger partial charge in [-0.05, 0) is 68.1 Å². The van der Waals surface area contributed by atoms with Crippen molar-refractivity contribution in [3.8, 4) is 11.5 Å². The molecule has 6 heteroatoms. The highest BCUT2D eigenvalue weighted by atomic mass is 16.3. The summed E-state index contributed by atoms with van der Waals surface area (Å²) < 4.78 is 7.87. The van der Waals surface area contributed by atoms with E-state index in [1.54, 1.807) is 12.5 Å². The molecule has 0 saturated heterocycles. The van der Waals surface area contributed by atoms with Crippen molar-refractivity contribution in [3.05, 3.63) is 66.2 Å². The number of hydrogen-bond acceptors (Lipinski definition) is 4. The van der Waals surface area contributed by atoms with Crippen molar-refractivity contribution in [1.82, 2.24) is 14.5 Å². The molecular formula is C23H22N4O2. The fourth-order valence-corrected chi connectivity index (χ4v) is 3.69. The number of benzene rings is 2. The lowest BCUT2D eigenvalue weighted by molar-refractivity contribution is -0.121. The van der Waals surface area contributed by atoms with E-state index in [9.17, 15) is 4.79 Å². The number of nitrogens with zero attached hydrogens (tertiary/aromatic N) is 3. The molecule has 1 N–H and O–H groups in total. The summed E-state index contributed by atoms with van der Waals surface area (Å²) in [5.74, 6) is 0.657. The number of aromatic nitrogens is 3. The van der Waals surface area contributed by atoms with E-state index in [0.29, 0.717) is 12.4 Å². The number of anilines is 1. The smallest absolute Gasteiger partial charge is 0.232 e. The molecule has 2 aromatic heterocycles. The number of fused-ring (bicyclic) bond motifs is 1. The third-order valence-electron chi connectivity index (χ3n) is 5.64. The van der Waals surface area contributed by atoms with Gasteiger partial charge in [-0.2, -0.15) is 0 Å². The van der Waals surface area contributed by atoms with Crippen LogP contribution in [0.4, 0.5) is 5.69 Å². The fourth-order valence-electron chi connectivity index (χ4n) is 3.69. The first-order valence-electron chi connectivity index (χ1n) is 9.78. The van der Waals surface area contributed by atoms with Gasteiger partial charge >= 0.3 is 0 Å². The second-order valence-electron chi connectivity index (χ2n) is 7.99. The van der Waals surface area contributed by atoms with Crippen molar-refractivity contribution < 1.29 is 9.21 Å². The Morgan fingerprint density at radius 1 is 1.21 bits per heavy atom. The van der Waals surface area contributed by atoms with Gasteiger partial charge in [0.25, 0.3) is 0 Å². The highest BCUT2D eigenvalue weighted by molar-refractivity contribution is 5.97. The van der Waals surface area contributed by atoms with E-state index < -0.39 is 0 Å². The Kier molecular flexibility index (Phi) is 4.01. The second kappa shape index (κ2) is 6.58. The topological polar surface area (TPSA) is 73.0 Å². The zero-order chi connectivity index (χ0) is 20.0. The number of amides is 1. The third kappa shape index (κ3) is 3.31. The predicted molar refractivity (Wildman–Crippen MR) is 111 cm³/mol. The van der Waals surface area contributed by atoms with Crippen LogP contribution in [0.1, 0.15) is 24.0 Å². The fraction of sp³-hybridized carbons (Fsp3) is 0.261. The maximum Gasteiger partial charge on any atom is 0.232 e. The molecule has 0 radical (unpaired) electrons. The van der Waals surface area contributed by atoms with Gasteiger partial charge in [0.15, 0.2) is 5.58 Å². The third-order valence-corrected chi connectivity index (χ3v) is 5.64. The summed E-state index contributed by atoms with van der Waals surface area (Å²) in [6, 6.07) is 11.8. The molecule has 0 bridgehead atoms. The Morgan fingerprint density at radius 2 is 2.07 bits per heavy atom. The van der Waals surface area contributed by atoms with E-state index in [1.807, 2.05) is 61.0 Å². The average molecular weight is 386 g/mol. The molecule has 2 aromatic carbocycles. The van der Waals surface area contributed by atoms with E-state index in [4.69, 9.17) is 4.42 Å². The largest absolute Gasteiger partial charge is 0.436 e. The van der Waals surface area contributed by atoms with Crippen LogP contribution in [0.2, 0.25) is 0 Å². The lowest BCUT2D eigenvalue weighted by atomic mass is 10.0. The molecular weight excluding hydrogens is 364 g/mol. The van der Waals surface area contributed by atoms with Gasteiger partial charge in [0.1, 0.15) is 5.52 Å². The molecule has 2 heterocycles. The van der Waals surface area contributed by atoms with Crippen LogP contribution in [0.15, 0.2) is 59.5 Å². The van der Waals surface area contributed by atoms with Crippen molar-refractivity contribution in [1.29, 1.82) is 0 Å². The lowest BCUT2D eigenvalue weighted by Crippen LogP contribution is -2.28. The number of hydrogen-bond donors (Lipinski definition) is 1. The molecule has 6 nitrogen and oxygen atoms in total. The van der Waals surface area contributed by atoms with E-state index >= 15 is 0 Å². The van der Waals surface area contributed by atoms with Crippen molar-refractivity contribution >= 4 is 22.7 Å². The molecule has 146 valence electrons. The maximum atomic E-state index is 12.9. The van der Waals surface area contributed by atoms with Gasteiger partial charge in [0.05, 0.1) is 11.7 Å². The van der Waals surface area contributed by atoms with Crippen LogP contribution in [0.5, 0.6) is 0 Å². The Hall–Kier alpha value is -3.41. The second-order valence-corrected chi connectivity index (χ2v) is 7.99. The van der Waals surface area contributed by atoms with Crippen LogP contribution in [0.3, 0.4) is 0 Å². The van der Waals surface area contributed by atoms with Crippen LogP contribution in [0.25, 0.3) is 22.6 Å². The lowest BCUT2D eigenvalue weighted by Gasteiger charge is -2.17.